The maximum Gasteiger partial charge on any atom is 0.220 e. The first-order valence-electron chi connectivity index (χ1n) is 7.75. The first-order valence-corrected chi connectivity index (χ1v) is 7.75. The quantitative estimate of drug-likeness (QED) is 0.604. The summed E-state index contributed by atoms with van der Waals surface area (Å²) in [5.41, 5.74) is 11.4. The lowest BCUT2D eigenvalue weighted by atomic mass is 10.1. The van der Waals surface area contributed by atoms with Crippen LogP contribution in [0, 0.1) is 0 Å². The molecule has 0 unspecified atom stereocenters. The topological polar surface area (TPSA) is 98.3 Å². The maximum atomic E-state index is 5.85. The van der Waals surface area contributed by atoms with Crippen molar-refractivity contribution in [3.8, 4) is 22.5 Å². The van der Waals surface area contributed by atoms with Gasteiger partial charge in [0.25, 0.3) is 0 Å². The van der Waals surface area contributed by atoms with Gasteiger partial charge in [-0.05, 0) is 24.6 Å². The number of aryl methyl sites for hydroxylation is 2. The van der Waals surface area contributed by atoms with E-state index in [4.69, 9.17) is 5.73 Å². The zero-order chi connectivity index (χ0) is 16.7. The lowest BCUT2D eigenvalue weighted by Gasteiger charge is -2.05. The minimum absolute atomic E-state index is 0.287. The number of nitrogens with two attached hydrogens (primary N) is 1. The molecule has 0 aliphatic heterocycles. The summed E-state index contributed by atoms with van der Waals surface area (Å²) in [6.45, 7) is 2.04. The zero-order valence-corrected chi connectivity index (χ0v) is 13.5. The third kappa shape index (κ3) is 2.30. The van der Waals surface area contributed by atoms with Crippen molar-refractivity contribution in [2.24, 2.45) is 7.05 Å². The molecule has 4 heterocycles. The van der Waals surface area contributed by atoms with Crippen LogP contribution in [0.5, 0.6) is 0 Å². The fraction of sp³-hybridized carbons (Fsp3) is 0.176. The van der Waals surface area contributed by atoms with Crippen molar-refractivity contribution < 1.29 is 0 Å². The molecular formula is C17H17N7. The van der Waals surface area contributed by atoms with Gasteiger partial charge in [-0.3, -0.25) is 4.68 Å². The second kappa shape index (κ2) is 5.45. The van der Waals surface area contributed by atoms with E-state index in [-0.39, 0.29) is 5.95 Å². The summed E-state index contributed by atoms with van der Waals surface area (Å²) in [5, 5.41) is 5.21. The molecule has 0 spiro atoms. The number of anilines is 1. The predicted octanol–water partition coefficient (Wildman–Crippen LogP) is 2.56. The van der Waals surface area contributed by atoms with Crippen LogP contribution in [0.3, 0.4) is 0 Å². The van der Waals surface area contributed by atoms with E-state index in [2.05, 4.69) is 31.1 Å². The van der Waals surface area contributed by atoms with Crippen LogP contribution in [0.4, 0.5) is 5.95 Å². The van der Waals surface area contributed by atoms with Gasteiger partial charge in [0.1, 0.15) is 5.65 Å². The summed E-state index contributed by atoms with van der Waals surface area (Å²) in [7, 11) is 1.91. The molecular weight excluding hydrogens is 302 g/mol. The van der Waals surface area contributed by atoms with E-state index in [1.54, 1.807) is 6.20 Å². The Hall–Kier alpha value is -3.22. The number of nitrogens with one attached hydrogen (secondary N) is 1. The molecule has 0 saturated carbocycles. The van der Waals surface area contributed by atoms with Crippen LogP contribution >= 0.6 is 0 Å². The Balaban J connectivity index is 1.91. The molecule has 4 rings (SSSR count). The van der Waals surface area contributed by atoms with Crippen molar-refractivity contribution in [2.45, 2.75) is 13.3 Å². The van der Waals surface area contributed by atoms with Crippen LogP contribution in [0.1, 0.15) is 12.6 Å². The fourth-order valence-electron chi connectivity index (χ4n) is 2.85. The number of hydrogen-bond acceptors (Lipinski definition) is 5. The number of pyridine rings is 1. The van der Waals surface area contributed by atoms with Crippen molar-refractivity contribution >= 4 is 17.0 Å². The summed E-state index contributed by atoms with van der Waals surface area (Å²) < 4.78 is 1.83. The minimum Gasteiger partial charge on any atom is -0.368 e. The summed E-state index contributed by atoms with van der Waals surface area (Å²) in [5.74, 6) is 0.287. The largest absolute Gasteiger partial charge is 0.368 e. The Morgan fingerprint density at radius 3 is 2.88 bits per heavy atom. The van der Waals surface area contributed by atoms with Crippen LogP contribution in [-0.2, 0) is 13.5 Å². The van der Waals surface area contributed by atoms with Crippen molar-refractivity contribution in [1.29, 1.82) is 0 Å². The highest BCUT2D eigenvalue weighted by Crippen LogP contribution is 2.30. The fourth-order valence-corrected chi connectivity index (χ4v) is 2.85. The minimum atomic E-state index is 0.287. The monoisotopic (exact) mass is 319 g/mol. The summed E-state index contributed by atoms with van der Waals surface area (Å²) in [6, 6.07) is 6.03. The zero-order valence-electron chi connectivity index (χ0n) is 13.5. The first kappa shape index (κ1) is 14.4. The third-order valence-corrected chi connectivity index (χ3v) is 4.08. The normalized spacial score (nSPS) is 11.2. The van der Waals surface area contributed by atoms with E-state index >= 15 is 0 Å². The molecule has 0 radical (unpaired) electrons. The van der Waals surface area contributed by atoms with Gasteiger partial charge >= 0.3 is 0 Å². The molecule has 0 aliphatic carbocycles. The molecule has 120 valence electrons. The first-order chi connectivity index (χ1) is 11.7. The van der Waals surface area contributed by atoms with Gasteiger partial charge in [0.05, 0.1) is 11.4 Å². The van der Waals surface area contributed by atoms with Crippen LogP contribution in [0.2, 0.25) is 0 Å². The number of aromatic nitrogens is 6. The van der Waals surface area contributed by atoms with Crippen molar-refractivity contribution in [2.75, 3.05) is 5.73 Å². The number of nitrogens with zero attached hydrogens (tertiary/aromatic N) is 5. The van der Waals surface area contributed by atoms with Gasteiger partial charge < -0.3 is 10.7 Å². The van der Waals surface area contributed by atoms with E-state index in [0.717, 1.165) is 45.7 Å². The number of hydrogen-bond donors (Lipinski definition) is 2. The van der Waals surface area contributed by atoms with Crippen molar-refractivity contribution in [3.05, 3.63) is 42.5 Å². The Bertz CT molecular complexity index is 1030. The van der Waals surface area contributed by atoms with E-state index in [1.807, 2.05) is 43.2 Å². The highest BCUT2D eigenvalue weighted by Gasteiger charge is 2.13. The highest BCUT2D eigenvalue weighted by atomic mass is 15.3. The van der Waals surface area contributed by atoms with Gasteiger partial charge in [-0.15, -0.1) is 0 Å². The SMILES string of the molecule is CCc1cc(-c2c[nH]c3ncc(-c4ccnn4C)cc23)nc(N)n1. The Morgan fingerprint density at radius 2 is 2.12 bits per heavy atom. The smallest absolute Gasteiger partial charge is 0.220 e. The van der Waals surface area contributed by atoms with Crippen LogP contribution in [0.25, 0.3) is 33.5 Å². The molecule has 0 aliphatic rings. The Labute approximate surface area is 138 Å². The van der Waals surface area contributed by atoms with Gasteiger partial charge in [-0.25, -0.2) is 15.0 Å². The average molecular weight is 319 g/mol. The lowest BCUT2D eigenvalue weighted by molar-refractivity contribution is 0.775. The Kier molecular flexibility index (Phi) is 3.26. The molecule has 0 bridgehead atoms. The molecule has 0 aromatic carbocycles. The molecule has 0 fully saturated rings. The number of fused-ring (bicyclic) bond motifs is 1. The molecule has 24 heavy (non-hydrogen) atoms. The standard InChI is InChI=1S/C17H17N7/c1-3-11-7-14(23-17(18)22-11)13-9-20-16-12(13)6-10(8-19-16)15-4-5-21-24(15)2/h4-9H,3H2,1-2H3,(H,19,20)(H2,18,22,23). The molecule has 7 nitrogen and oxygen atoms in total. The van der Waals surface area contributed by atoms with E-state index in [9.17, 15) is 0 Å². The molecule has 3 N–H and O–H groups in total. The van der Waals surface area contributed by atoms with Crippen LogP contribution in [0.15, 0.2) is 36.8 Å². The predicted molar refractivity (Wildman–Crippen MR) is 93.1 cm³/mol. The number of aromatic amines is 1. The van der Waals surface area contributed by atoms with Gasteiger partial charge in [0, 0.05) is 47.8 Å². The van der Waals surface area contributed by atoms with Crippen LogP contribution in [-0.4, -0.2) is 29.7 Å². The van der Waals surface area contributed by atoms with E-state index in [1.165, 1.54) is 0 Å². The molecule has 0 atom stereocenters. The molecule has 4 aromatic heterocycles. The van der Waals surface area contributed by atoms with Gasteiger partial charge in [0.2, 0.25) is 5.95 Å². The number of rotatable bonds is 3. The number of nitrogen functional groups attached to an aromatic ring is 1. The molecule has 4 aromatic rings. The molecule has 0 amide bonds. The van der Waals surface area contributed by atoms with Gasteiger partial charge in [-0.2, -0.15) is 5.10 Å². The highest BCUT2D eigenvalue weighted by molar-refractivity contribution is 5.94. The third-order valence-electron chi connectivity index (χ3n) is 4.08. The van der Waals surface area contributed by atoms with E-state index in [0.29, 0.717) is 0 Å². The second-order valence-corrected chi connectivity index (χ2v) is 5.62. The van der Waals surface area contributed by atoms with E-state index < -0.39 is 0 Å². The number of H-pyrrole nitrogens is 1. The van der Waals surface area contributed by atoms with Crippen LogP contribution < -0.4 is 5.73 Å². The summed E-state index contributed by atoms with van der Waals surface area (Å²) in [6.07, 6.45) is 6.33. The van der Waals surface area contributed by atoms with Crippen molar-refractivity contribution in [1.82, 2.24) is 29.7 Å². The Morgan fingerprint density at radius 1 is 1.25 bits per heavy atom. The lowest BCUT2D eigenvalue weighted by Crippen LogP contribution is -2.00. The summed E-state index contributed by atoms with van der Waals surface area (Å²) in [4.78, 5) is 16.3. The molecule has 7 heteroatoms. The summed E-state index contributed by atoms with van der Waals surface area (Å²) >= 11 is 0. The van der Waals surface area contributed by atoms with Crippen molar-refractivity contribution in [3.63, 3.8) is 0 Å². The second-order valence-electron chi connectivity index (χ2n) is 5.62. The average Bonchev–Trinajstić information content (AvgIpc) is 3.19. The van der Waals surface area contributed by atoms with Gasteiger partial charge in [0.15, 0.2) is 0 Å². The van der Waals surface area contributed by atoms with Gasteiger partial charge in [-0.1, -0.05) is 6.92 Å². The maximum absolute atomic E-state index is 5.85. The molecule has 0 saturated heterocycles.